The van der Waals surface area contributed by atoms with Crippen molar-refractivity contribution in [1.82, 2.24) is 4.90 Å². The van der Waals surface area contributed by atoms with Crippen molar-refractivity contribution in [2.24, 2.45) is 0 Å². The Bertz CT molecular complexity index is 786. The average Bonchev–Trinajstić information content (AvgIpc) is 3.04. The number of likely N-dealkylation sites (tertiary alicyclic amines) is 1. The van der Waals surface area contributed by atoms with Crippen molar-refractivity contribution >= 4 is 25.3 Å². The van der Waals surface area contributed by atoms with Crippen molar-refractivity contribution in [3.63, 3.8) is 0 Å². The van der Waals surface area contributed by atoms with Gasteiger partial charge in [0.1, 0.15) is 0 Å². The van der Waals surface area contributed by atoms with Crippen LogP contribution in [-0.2, 0) is 5.41 Å². The molecule has 0 bridgehead atoms. The van der Waals surface area contributed by atoms with Gasteiger partial charge in [-0.25, -0.2) is 0 Å². The van der Waals surface area contributed by atoms with E-state index in [1.807, 2.05) is 17.0 Å². The van der Waals surface area contributed by atoms with E-state index < -0.39 is 0 Å². The summed E-state index contributed by atoms with van der Waals surface area (Å²) in [5.74, 6) is 1.05. The van der Waals surface area contributed by atoms with E-state index in [-0.39, 0.29) is 11.3 Å². The van der Waals surface area contributed by atoms with Crippen LogP contribution in [0.25, 0.3) is 0 Å². The first kappa shape index (κ1) is 17.6. The van der Waals surface area contributed by atoms with Crippen molar-refractivity contribution < 1.29 is 9.53 Å². The van der Waals surface area contributed by atoms with Gasteiger partial charge in [0, 0.05) is 0 Å². The summed E-state index contributed by atoms with van der Waals surface area (Å²) in [4.78, 5) is 14.7. The van der Waals surface area contributed by atoms with Crippen LogP contribution in [0.15, 0.2) is 48.5 Å². The first-order chi connectivity index (χ1) is 12.7. The maximum absolute atomic E-state index is 12.7. The molecular weight excluding hydrogens is 389 g/mol. The molecule has 4 rings (SSSR count). The summed E-state index contributed by atoms with van der Waals surface area (Å²) in [6.07, 6.45) is 3.47. The van der Waals surface area contributed by atoms with Gasteiger partial charge in [0.05, 0.1) is 0 Å². The van der Waals surface area contributed by atoms with Crippen LogP contribution in [-0.4, -0.2) is 45.5 Å². The summed E-state index contributed by atoms with van der Waals surface area (Å²) < 4.78 is 7.44. The van der Waals surface area contributed by atoms with E-state index in [4.69, 9.17) is 4.74 Å². The molecule has 2 aromatic carbocycles. The van der Waals surface area contributed by atoms with Crippen molar-refractivity contribution in [2.75, 3.05) is 19.7 Å². The van der Waals surface area contributed by atoms with Crippen LogP contribution in [0.3, 0.4) is 0 Å². The van der Waals surface area contributed by atoms with E-state index in [1.165, 1.54) is 16.4 Å². The quantitative estimate of drug-likeness (QED) is 0.718. The van der Waals surface area contributed by atoms with E-state index in [0.29, 0.717) is 21.6 Å². The number of ether oxygens (including phenoxy) is 1. The fourth-order valence-corrected chi connectivity index (χ4v) is 6.00. The molecule has 0 saturated carbocycles. The molecule has 4 heteroatoms. The molecule has 26 heavy (non-hydrogen) atoms. The molecule has 2 aliphatic rings. The van der Waals surface area contributed by atoms with Gasteiger partial charge in [-0.2, -0.15) is 0 Å². The second-order valence-corrected chi connectivity index (χ2v) is 9.72. The molecule has 0 N–H and O–H groups in total. The van der Waals surface area contributed by atoms with Crippen LogP contribution >= 0.6 is 0 Å². The molecule has 1 unspecified atom stereocenters. The summed E-state index contributed by atoms with van der Waals surface area (Å²) in [6, 6.07) is 16.8. The van der Waals surface area contributed by atoms with E-state index in [0.717, 1.165) is 42.6 Å². The normalized spacial score (nSPS) is 22.0. The van der Waals surface area contributed by atoms with Crippen molar-refractivity contribution in [3.05, 3.63) is 59.7 Å². The van der Waals surface area contributed by atoms with Gasteiger partial charge < -0.3 is 0 Å². The molecule has 0 spiro atoms. The summed E-state index contributed by atoms with van der Waals surface area (Å²) in [7, 11) is 0. The first-order valence-corrected chi connectivity index (χ1v) is 11.5. The third-order valence-corrected chi connectivity index (χ3v) is 8.28. The van der Waals surface area contributed by atoms with Crippen LogP contribution in [0, 0.1) is 0 Å². The molecule has 1 fully saturated rings. The minimum atomic E-state index is 0.0396. The van der Waals surface area contributed by atoms with Gasteiger partial charge in [0.2, 0.25) is 0 Å². The number of rotatable bonds is 4. The topological polar surface area (TPSA) is 29.5 Å². The zero-order chi connectivity index (χ0) is 18.0. The molecule has 136 valence electrons. The number of fused-ring (bicyclic) bond motifs is 1. The van der Waals surface area contributed by atoms with Crippen LogP contribution in [0.1, 0.15) is 42.1 Å². The molecule has 2 heterocycles. The Morgan fingerprint density at radius 1 is 1.12 bits per heavy atom. The Hall–Kier alpha value is -1.77. The molecule has 1 saturated heterocycles. The second kappa shape index (κ2) is 7.46. The monoisotopic (exact) mass is 415 g/mol. The Labute approximate surface area is 161 Å². The number of hydrogen-bond donors (Lipinski definition) is 0. The van der Waals surface area contributed by atoms with Crippen LogP contribution < -0.4 is 9.20 Å². The number of amides is 1. The van der Waals surface area contributed by atoms with Crippen molar-refractivity contribution in [1.29, 1.82) is 0 Å². The number of hydrogen-bond acceptors (Lipinski definition) is 2. The average molecular weight is 414 g/mol. The van der Waals surface area contributed by atoms with Gasteiger partial charge in [0.15, 0.2) is 0 Å². The molecule has 1 amide bonds. The van der Waals surface area contributed by atoms with Crippen molar-refractivity contribution in [2.45, 2.75) is 36.9 Å². The van der Waals surface area contributed by atoms with Crippen LogP contribution in [0.5, 0.6) is 5.75 Å². The molecular formula is C22H25NO2Se. The van der Waals surface area contributed by atoms with Crippen LogP contribution in [0.4, 0.5) is 0 Å². The predicted molar refractivity (Wildman–Crippen MR) is 106 cm³/mol. The standard InChI is InChI=1S/C22H25NO2Se/c1-22(16-26-18-8-4-2-5-9-18)15-25-20-14-17(10-11-19(20)22)21(24)23-12-6-3-7-13-23/h2,4-5,8-11,14H,3,6-7,12-13,15-16H2,1H3. The zero-order valence-electron chi connectivity index (χ0n) is 15.2. The number of benzene rings is 2. The zero-order valence-corrected chi connectivity index (χ0v) is 17.0. The molecule has 0 aliphatic carbocycles. The fourth-order valence-electron chi connectivity index (χ4n) is 3.75. The molecule has 0 radical (unpaired) electrons. The van der Waals surface area contributed by atoms with E-state index >= 15 is 0 Å². The number of carbonyl (C=O) groups is 1. The summed E-state index contributed by atoms with van der Waals surface area (Å²) >= 11 is 0.420. The Balaban J connectivity index is 1.49. The van der Waals surface area contributed by atoms with E-state index in [2.05, 4.69) is 43.3 Å². The van der Waals surface area contributed by atoms with E-state index in [9.17, 15) is 4.79 Å². The van der Waals surface area contributed by atoms with Gasteiger partial charge >= 0.3 is 162 Å². The predicted octanol–water partition coefficient (Wildman–Crippen LogP) is 3.41. The first-order valence-electron chi connectivity index (χ1n) is 9.40. The summed E-state index contributed by atoms with van der Waals surface area (Å²) in [5, 5.41) is 1.11. The molecule has 2 aliphatic heterocycles. The van der Waals surface area contributed by atoms with Gasteiger partial charge in [-0.1, -0.05) is 0 Å². The third kappa shape index (κ3) is 3.54. The summed E-state index contributed by atoms with van der Waals surface area (Å²) in [5.41, 5.74) is 2.06. The van der Waals surface area contributed by atoms with Crippen LogP contribution in [0.2, 0.25) is 5.32 Å². The van der Waals surface area contributed by atoms with E-state index in [1.54, 1.807) is 0 Å². The van der Waals surface area contributed by atoms with Gasteiger partial charge in [0.25, 0.3) is 0 Å². The SMILES string of the molecule is CC1(C[Se]c2ccccc2)COc2cc(C(=O)N3CCCCC3)ccc21. The fraction of sp³-hybridized carbons (Fsp3) is 0.409. The third-order valence-electron chi connectivity index (χ3n) is 5.37. The minimum absolute atomic E-state index is 0.0396. The number of nitrogens with zero attached hydrogens (tertiary/aromatic N) is 1. The van der Waals surface area contributed by atoms with Gasteiger partial charge in [-0.3, -0.25) is 0 Å². The summed E-state index contributed by atoms with van der Waals surface area (Å²) in [6.45, 7) is 4.76. The Morgan fingerprint density at radius 3 is 2.65 bits per heavy atom. The second-order valence-electron chi connectivity index (χ2n) is 7.51. The Kier molecular flexibility index (Phi) is 5.06. The van der Waals surface area contributed by atoms with Gasteiger partial charge in [-0.05, 0) is 0 Å². The molecule has 1 atom stereocenters. The van der Waals surface area contributed by atoms with Gasteiger partial charge in [-0.15, -0.1) is 0 Å². The molecule has 3 nitrogen and oxygen atoms in total. The van der Waals surface area contributed by atoms with Crippen molar-refractivity contribution in [3.8, 4) is 5.75 Å². The molecule has 0 aromatic heterocycles. The Morgan fingerprint density at radius 2 is 1.88 bits per heavy atom. The maximum atomic E-state index is 12.7. The number of piperidine rings is 1. The number of carbonyl (C=O) groups excluding carboxylic acids is 1. The molecule has 2 aromatic rings.